The van der Waals surface area contributed by atoms with Gasteiger partial charge in [0.25, 0.3) is 0 Å². The molecule has 0 atom stereocenters. The van der Waals surface area contributed by atoms with Crippen LogP contribution in [0.2, 0.25) is 0 Å². The molecule has 0 radical (unpaired) electrons. The monoisotopic (exact) mass is 210 g/mol. The first kappa shape index (κ1) is 13.5. The number of carbonyl (C=O) groups is 1. The van der Waals surface area contributed by atoms with Gasteiger partial charge in [0, 0.05) is 6.42 Å². The van der Waals surface area contributed by atoms with Crippen molar-refractivity contribution >= 4 is 11.9 Å². The number of ether oxygens (including phenoxy) is 1. The Morgan fingerprint density at radius 3 is 2.60 bits per heavy atom. The number of alkyl carbamates (subject to hydrolysis) is 1. The number of amides is 1. The Bertz CT molecular complexity index is 282. The number of nitrogens with one attached hydrogen (secondary N) is 1. The molecular weight excluding hydrogens is 192 g/mol. The van der Waals surface area contributed by atoms with Crippen LogP contribution in [0.3, 0.4) is 0 Å². The van der Waals surface area contributed by atoms with Crippen LogP contribution in [0.15, 0.2) is 4.99 Å². The number of terminal acetylenes is 1. The summed E-state index contributed by atoms with van der Waals surface area (Å²) in [4.78, 5) is 15.3. The molecule has 0 saturated heterocycles. The number of rotatable bonds is 2. The van der Waals surface area contributed by atoms with E-state index >= 15 is 0 Å². The van der Waals surface area contributed by atoms with E-state index in [1.165, 1.54) is 0 Å². The van der Waals surface area contributed by atoms with E-state index in [1.54, 1.807) is 27.7 Å². The number of hydrogen-bond acceptors (Lipinski definition) is 3. The first-order chi connectivity index (χ1) is 6.85. The average Bonchev–Trinajstić information content (AvgIpc) is 2.00. The molecule has 0 rings (SSSR count). The van der Waals surface area contributed by atoms with E-state index in [1.807, 2.05) is 0 Å². The fourth-order valence-corrected chi connectivity index (χ4v) is 0.779. The van der Waals surface area contributed by atoms with E-state index in [0.29, 0.717) is 18.8 Å². The molecule has 15 heavy (non-hydrogen) atoms. The highest BCUT2D eigenvalue weighted by Crippen LogP contribution is 2.06. The van der Waals surface area contributed by atoms with Crippen molar-refractivity contribution in [3.8, 4) is 12.3 Å². The summed E-state index contributed by atoms with van der Waals surface area (Å²) in [7, 11) is 0. The fourth-order valence-electron chi connectivity index (χ4n) is 0.779. The van der Waals surface area contributed by atoms with Gasteiger partial charge in [0.05, 0.1) is 6.54 Å². The van der Waals surface area contributed by atoms with Crippen LogP contribution in [0.25, 0.3) is 0 Å². The molecule has 0 saturated carbocycles. The average molecular weight is 210 g/mol. The summed E-state index contributed by atoms with van der Waals surface area (Å²) in [6, 6.07) is 0. The zero-order chi connectivity index (χ0) is 11.9. The smallest absolute Gasteiger partial charge is 0.413 e. The van der Waals surface area contributed by atoms with Crippen molar-refractivity contribution < 1.29 is 9.53 Å². The molecule has 0 aliphatic heterocycles. The third-order valence-electron chi connectivity index (χ3n) is 1.29. The maximum absolute atomic E-state index is 11.2. The summed E-state index contributed by atoms with van der Waals surface area (Å²) in [5, 5.41) is 2.52. The van der Waals surface area contributed by atoms with Gasteiger partial charge in [-0.15, -0.1) is 12.3 Å². The lowest BCUT2D eigenvalue weighted by molar-refractivity contribution is 0.0563. The molecule has 4 heteroatoms. The molecule has 1 amide bonds. The second kappa shape index (κ2) is 6.07. The first-order valence-electron chi connectivity index (χ1n) is 4.79. The largest absolute Gasteiger partial charge is 0.444 e. The maximum atomic E-state index is 11.2. The number of nitrogens with zero attached hydrogens (tertiary/aromatic N) is 1. The van der Waals surface area contributed by atoms with Gasteiger partial charge >= 0.3 is 6.09 Å². The van der Waals surface area contributed by atoms with Gasteiger partial charge in [0.2, 0.25) is 0 Å². The van der Waals surface area contributed by atoms with E-state index < -0.39 is 11.7 Å². The van der Waals surface area contributed by atoms with Crippen molar-refractivity contribution in [3.05, 3.63) is 0 Å². The highest BCUT2D eigenvalue weighted by molar-refractivity contribution is 5.93. The minimum atomic E-state index is -0.497. The molecule has 4 nitrogen and oxygen atoms in total. The second-order valence-electron chi connectivity index (χ2n) is 4.05. The van der Waals surface area contributed by atoms with Crippen LogP contribution >= 0.6 is 0 Å². The van der Waals surface area contributed by atoms with Crippen molar-refractivity contribution in [2.75, 3.05) is 6.54 Å². The molecule has 0 heterocycles. The third kappa shape index (κ3) is 8.82. The number of aliphatic imine (C=N–C) groups is 1. The van der Waals surface area contributed by atoms with Crippen molar-refractivity contribution in [2.45, 2.75) is 39.7 Å². The van der Waals surface area contributed by atoms with E-state index in [0.717, 1.165) is 0 Å². The lowest BCUT2D eigenvalue weighted by Gasteiger charge is -2.19. The Labute approximate surface area is 91.1 Å². The highest BCUT2D eigenvalue weighted by atomic mass is 16.6. The Morgan fingerprint density at radius 2 is 2.13 bits per heavy atom. The molecule has 0 bridgehead atoms. The lowest BCUT2D eigenvalue weighted by Crippen LogP contribution is -2.35. The molecule has 0 aromatic carbocycles. The molecule has 84 valence electrons. The van der Waals surface area contributed by atoms with Gasteiger partial charge in [-0.3, -0.25) is 10.3 Å². The summed E-state index contributed by atoms with van der Waals surface area (Å²) in [6.07, 6.45) is 5.13. The summed E-state index contributed by atoms with van der Waals surface area (Å²) < 4.78 is 5.04. The first-order valence-corrected chi connectivity index (χ1v) is 4.79. The van der Waals surface area contributed by atoms with Gasteiger partial charge < -0.3 is 4.74 Å². The normalized spacial score (nSPS) is 11.8. The van der Waals surface area contributed by atoms with Gasteiger partial charge in [0.1, 0.15) is 11.4 Å². The van der Waals surface area contributed by atoms with E-state index in [9.17, 15) is 4.79 Å². The Hall–Kier alpha value is -1.50. The minimum absolute atomic E-state index is 0.496. The minimum Gasteiger partial charge on any atom is -0.444 e. The molecule has 0 aromatic rings. The van der Waals surface area contributed by atoms with Crippen LogP contribution in [0.1, 0.15) is 34.1 Å². The third-order valence-corrected chi connectivity index (χ3v) is 1.29. The van der Waals surface area contributed by atoms with E-state index in [2.05, 4.69) is 16.2 Å². The number of amidine groups is 1. The van der Waals surface area contributed by atoms with Crippen LogP contribution in [-0.4, -0.2) is 24.1 Å². The predicted molar refractivity (Wildman–Crippen MR) is 60.8 cm³/mol. The molecule has 0 aliphatic rings. The Kier molecular flexibility index (Phi) is 5.46. The topological polar surface area (TPSA) is 50.7 Å². The number of hydrogen-bond donors (Lipinski definition) is 1. The van der Waals surface area contributed by atoms with Gasteiger partial charge in [-0.05, 0) is 27.7 Å². The molecular formula is C11H18N2O2. The summed E-state index contributed by atoms with van der Waals surface area (Å²) in [6.45, 7) is 7.62. The van der Waals surface area contributed by atoms with Crippen LogP contribution in [0, 0.1) is 12.3 Å². The zero-order valence-corrected chi connectivity index (χ0v) is 9.76. The maximum Gasteiger partial charge on any atom is 0.413 e. The van der Waals surface area contributed by atoms with Crippen molar-refractivity contribution in [1.29, 1.82) is 0 Å². The standard InChI is InChI=1S/C11H18N2O2/c1-6-7-8-12-9(2)13-10(14)15-11(3,4)5/h1H,7-8H2,2-5H3,(H,12,13,14). The number of carbonyl (C=O) groups excluding carboxylic acids is 1. The van der Waals surface area contributed by atoms with E-state index in [-0.39, 0.29) is 0 Å². The van der Waals surface area contributed by atoms with Crippen molar-refractivity contribution in [2.24, 2.45) is 4.99 Å². The van der Waals surface area contributed by atoms with Crippen molar-refractivity contribution in [3.63, 3.8) is 0 Å². The Balaban J connectivity index is 3.97. The predicted octanol–water partition coefficient (Wildman–Crippen LogP) is 1.95. The van der Waals surface area contributed by atoms with Crippen molar-refractivity contribution in [1.82, 2.24) is 5.32 Å². The van der Waals surface area contributed by atoms with Crippen LogP contribution in [0.5, 0.6) is 0 Å². The van der Waals surface area contributed by atoms with Gasteiger partial charge in [-0.2, -0.15) is 0 Å². The van der Waals surface area contributed by atoms with Crippen LogP contribution in [0.4, 0.5) is 4.79 Å². The quantitative estimate of drug-likeness (QED) is 0.328. The van der Waals surface area contributed by atoms with Crippen LogP contribution in [-0.2, 0) is 4.74 Å². The summed E-state index contributed by atoms with van der Waals surface area (Å²) in [5.74, 6) is 2.98. The molecule has 0 unspecified atom stereocenters. The highest BCUT2D eigenvalue weighted by Gasteiger charge is 2.15. The summed E-state index contributed by atoms with van der Waals surface area (Å²) >= 11 is 0. The molecule has 0 aliphatic carbocycles. The van der Waals surface area contributed by atoms with Gasteiger partial charge in [0.15, 0.2) is 0 Å². The van der Waals surface area contributed by atoms with E-state index in [4.69, 9.17) is 11.2 Å². The molecule has 1 N–H and O–H groups in total. The molecule has 0 spiro atoms. The lowest BCUT2D eigenvalue weighted by atomic mass is 10.2. The SMILES string of the molecule is C#CCCN=C(C)NC(=O)OC(C)(C)C. The molecule has 0 fully saturated rings. The zero-order valence-electron chi connectivity index (χ0n) is 9.76. The van der Waals surface area contributed by atoms with Crippen LogP contribution < -0.4 is 5.32 Å². The molecule has 0 aromatic heterocycles. The second-order valence-corrected chi connectivity index (χ2v) is 4.05. The van der Waals surface area contributed by atoms with Gasteiger partial charge in [-0.25, -0.2) is 4.79 Å². The summed E-state index contributed by atoms with van der Waals surface area (Å²) in [5.41, 5.74) is -0.497. The Morgan fingerprint density at radius 1 is 1.53 bits per heavy atom. The van der Waals surface area contributed by atoms with Gasteiger partial charge in [-0.1, -0.05) is 0 Å². The fraction of sp³-hybridized carbons (Fsp3) is 0.636.